The number of hydrogen-bond donors (Lipinski definition) is 2. The summed E-state index contributed by atoms with van der Waals surface area (Å²) in [5.74, 6) is -0.639. The molecule has 0 bridgehead atoms. The van der Waals surface area contributed by atoms with Gasteiger partial charge in [-0.1, -0.05) is 11.8 Å². The number of carbonyl (C=O) groups excluding carboxylic acids is 1. The first-order valence-electron chi connectivity index (χ1n) is 6.03. The summed E-state index contributed by atoms with van der Waals surface area (Å²) in [7, 11) is 1.59. The van der Waals surface area contributed by atoms with Crippen LogP contribution in [0.15, 0.2) is 34.5 Å². The Morgan fingerprint density at radius 1 is 1.48 bits per heavy atom. The molecule has 1 aromatic carbocycles. The SMILES string of the molecule is COc1ccc(C=NN=C2NC(=O)[C@H](CC(=O)O)S2)cc1. The van der Waals surface area contributed by atoms with Crippen molar-refractivity contribution in [2.45, 2.75) is 11.7 Å². The number of aliphatic carboxylic acids is 1. The minimum Gasteiger partial charge on any atom is -0.497 e. The highest BCUT2D eigenvalue weighted by Crippen LogP contribution is 2.22. The van der Waals surface area contributed by atoms with Gasteiger partial charge in [0.1, 0.15) is 11.0 Å². The van der Waals surface area contributed by atoms with E-state index < -0.39 is 11.2 Å². The molecule has 1 saturated heterocycles. The van der Waals surface area contributed by atoms with E-state index in [4.69, 9.17) is 9.84 Å². The molecular formula is C13H13N3O4S. The third kappa shape index (κ3) is 4.32. The molecule has 21 heavy (non-hydrogen) atoms. The Kier molecular flexibility index (Phi) is 4.94. The fourth-order valence-electron chi connectivity index (χ4n) is 1.58. The highest BCUT2D eigenvalue weighted by atomic mass is 32.2. The van der Waals surface area contributed by atoms with Crippen molar-refractivity contribution in [1.82, 2.24) is 5.32 Å². The summed E-state index contributed by atoms with van der Waals surface area (Å²) in [6, 6.07) is 7.22. The maximum Gasteiger partial charge on any atom is 0.305 e. The quantitative estimate of drug-likeness (QED) is 0.626. The Morgan fingerprint density at radius 3 is 2.81 bits per heavy atom. The second-order valence-corrected chi connectivity index (χ2v) is 5.31. The predicted molar refractivity (Wildman–Crippen MR) is 79.8 cm³/mol. The lowest BCUT2D eigenvalue weighted by molar-refractivity contribution is -0.138. The predicted octanol–water partition coefficient (Wildman–Crippen LogP) is 1.09. The standard InChI is InChI=1S/C13H13N3O4S/c1-20-9-4-2-8(3-5-9)7-14-16-13-15-12(19)10(21-13)6-11(17)18/h2-5,7,10H,6H2,1H3,(H,17,18)(H,15,16,19)/t10-/m0/s1. The van der Waals surface area contributed by atoms with Gasteiger partial charge in [0.15, 0.2) is 5.17 Å². The van der Waals surface area contributed by atoms with Gasteiger partial charge in [-0.15, -0.1) is 5.10 Å². The zero-order valence-electron chi connectivity index (χ0n) is 11.1. The summed E-state index contributed by atoms with van der Waals surface area (Å²) in [5.41, 5.74) is 0.830. The number of carboxylic acids is 1. The lowest BCUT2D eigenvalue weighted by Gasteiger charge is -1.98. The zero-order valence-corrected chi connectivity index (χ0v) is 12.0. The van der Waals surface area contributed by atoms with Gasteiger partial charge in [0, 0.05) is 0 Å². The van der Waals surface area contributed by atoms with E-state index >= 15 is 0 Å². The molecule has 110 valence electrons. The van der Waals surface area contributed by atoms with Crippen molar-refractivity contribution >= 4 is 35.0 Å². The van der Waals surface area contributed by atoms with Crippen molar-refractivity contribution in [2.24, 2.45) is 10.2 Å². The van der Waals surface area contributed by atoms with Crippen molar-refractivity contribution in [1.29, 1.82) is 0 Å². The van der Waals surface area contributed by atoms with Crippen LogP contribution in [0.2, 0.25) is 0 Å². The fourth-order valence-corrected chi connectivity index (χ4v) is 2.50. The summed E-state index contributed by atoms with van der Waals surface area (Å²) in [5, 5.41) is 18.5. The molecule has 1 atom stereocenters. The number of ether oxygens (including phenoxy) is 1. The van der Waals surface area contributed by atoms with Crippen LogP contribution in [-0.2, 0) is 9.59 Å². The van der Waals surface area contributed by atoms with Crippen molar-refractivity contribution in [3.8, 4) is 5.75 Å². The van der Waals surface area contributed by atoms with Gasteiger partial charge in [-0.2, -0.15) is 5.10 Å². The average molecular weight is 307 g/mol. The van der Waals surface area contributed by atoms with Gasteiger partial charge in [-0.25, -0.2) is 0 Å². The monoisotopic (exact) mass is 307 g/mol. The number of amidine groups is 1. The normalized spacial score (nSPS) is 20.0. The molecule has 0 spiro atoms. The lowest BCUT2D eigenvalue weighted by atomic mass is 10.2. The van der Waals surface area contributed by atoms with Gasteiger partial charge < -0.3 is 15.2 Å². The van der Waals surface area contributed by atoms with E-state index in [0.29, 0.717) is 5.17 Å². The van der Waals surface area contributed by atoms with Gasteiger partial charge >= 0.3 is 5.97 Å². The number of nitrogens with zero attached hydrogens (tertiary/aromatic N) is 2. The average Bonchev–Trinajstić information content (AvgIpc) is 2.79. The zero-order chi connectivity index (χ0) is 15.2. The van der Waals surface area contributed by atoms with Gasteiger partial charge in [0.2, 0.25) is 5.91 Å². The number of nitrogens with one attached hydrogen (secondary N) is 1. The number of benzene rings is 1. The van der Waals surface area contributed by atoms with Crippen LogP contribution in [-0.4, -0.2) is 40.7 Å². The van der Waals surface area contributed by atoms with Gasteiger partial charge in [0.05, 0.1) is 19.7 Å². The molecule has 1 aromatic rings. The highest BCUT2D eigenvalue weighted by molar-refractivity contribution is 8.15. The highest BCUT2D eigenvalue weighted by Gasteiger charge is 2.32. The van der Waals surface area contributed by atoms with Crippen LogP contribution < -0.4 is 10.1 Å². The molecule has 0 radical (unpaired) electrons. The van der Waals surface area contributed by atoms with E-state index in [2.05, 4.69) is 15.5 Å². The van der Waals surface area contributed by atoms with Gasteiger partial charge in [0.25, 0.3) is 0 Å². The number of carboxylic acid groups (broad SMARTS) is 1. The molecule has 1 fully saturated rings. The van der Waals surface area contributed by atoms with E-state index in [1.807, 2.05) is 12.1 Å². The smallest absolute Gasteiger partial charge is 0.305 e. The molecule has 1 amide bonds. The second-order valence-electron chi connectivity index (χ2n) is 4.12. The van der Waals surface area contributed by atoms with E-state index in [0.717, 1.165) is 23.1 Å². The first-order chi connectivity index (χ1) is 10.1. The van der Waals surface area contributed by atoms with E-state index in [-0.39, 0.29) is 12.3 Å². The number of methoxy groups -OCH3 is 1. The van der Waals surface area contributed by atoms with Crippen molar-refractivity contribution in [3.05, 3.63) is 29.8 Å². The third-order valence-electron chi connectivity index (χ3n) is 2.61. The number of hydrogen-bond acceptors (Lipinski definition) is 6. The Labute approximate surface area is 125 Å². The first kappa shape index (κ1) is 15.0. The molecule has 8 heteroatoms. The number of amides is 1. The number of rotatable bonds is 5. The van der Waals surface area contributed by atoms with Crippen LogP contribution in [0.1, 0.15) is 12.0 Å². The Balaban J connectivity index is 1.96. The van der Waals surface area contributed by atoms with Gasteiger partial charge in [-0.05, 0) is 29.8 Å². The van der Waals surface area contributed by atoms with Crippen LogP contribution in [0.3, 0.4) is 0 Å². The summed E-state index contributed by atoms with van der Waals surface area (Å²) < 4.78 is 5.04. The topological polar surface area (TPSA) is 100 Å². The van der Waals surface area contributed by atoms with Crippen molar-refractivity contribution in [2.75, 3.05) is 7.11 Å². The molecule has 2 rings (SSSR count). The summed E-state index contributed by atoms with van der Waals surface area (Å²) in [4.78, 5) is 22.1. The van der Waals surface area contributed by atoms with E-state index in [9.17, 15) is 9.59 Å². The number of carbonyl (C=O) groups is 2. The molecule has 1 heterocycles. The lowest BCUT2D eigenvalue weighted by Crippen LogP contribution is -2.26. The van der Waals surface area contributed by atoms with Crippen molar-refractivity contribution < 1.29 is 19.4 Å². The van der Waals surface area contributed by atoms with E-state index in [1.165, 1.54) is 6.21 Å². The summed E-state index contributed by atoms with van der Waals surface area (Å²) in [6.07, 6.45) is 1.29. The molecule has 1 aliphatic heterocycles. The van der Waals surface area contributed by atoms with Crippen LogP contribution in [0, 0.1) is 0 Å². The maximum absolute atomic E-state index is 11.5. The van der Waals surface area contributed by atoms with Crippen LogP contribution in [0.25, 0.3) is 0 Å². The largest absolute Gasteiger partial charge is 0.497 e. The van der Waals surface area contributed by atoms with Gasteiger partial charge in [-0.3, -0.25) is 9.59 Å². The maximum atomic E-state index is 11.5. The molecule has 2 N–H and O–H groups in total. The minimum atomic E-state index is -1.02. The third-order valence-corrected chi connectivity index (χ3v) is 3.68. The molecule has 0 saturated carbocycles. The Morgan fingerprint density at radius 2 is 2.19 bits per heavy atom. The molecule has 0 aliphatic carbocycles. The molecule has 7 nitrogen and oxygen atoms in total. The first-order valence-corrected chi connectivity index (χ1v) is 6.91. The van der Waals surface area contributed by atoms with E-state index in [1.54, 1.807) is 19.2 Å². The molecule has 0 unspecified atom stereocenters. The molecule has 0 aromatic heterocycles. The molecule has 1 aliphatic rings. The fraction of sp³-hybridized carbons (Fsp3) is 0.231. The summed E-state index contributed by atoms with van der Waals surface area (Å²) in [6.45, 7) is 0. The van der Waals surface area contributed by atoms with Crippen LogP contribution in [0.4, 0.5) is 0 Å². The second kappa shape index (κ2) is 6.89. The van der Waals surface area contributed by atoms with Crippen LogP contribution >= 0.6 is 11.8 Å². The number of thioether (sulfide) groups is 1. The minimum absolute atomic E-state index is 0.238. The van der Waals surface area contributed by atoms with Crippen LogP contribution in [0.5, 0.6) is 5.75 Å². The molecular weight excluding hydrogens is 294 g/mol. The Hall–Kier alpha value is -2.35. The van der Waals surface area contributed by atoms with Crippen molar-refractivity contribution in [3.63, 3.8) is 0 Å². The Bertz CT molecular complexity index is 598. The summed E-state index contributed by atoms with van der Waals surface area (Å²) >= 11 is 1.06.